The number of nitrogen functional groups attached to an aromatic ring is 1. The first-order chi connectivity index (χ1) is 7.60. The molecule has 82 valence electrons. The molecule has 0 amide bonds. The van der Waals surface area contributed by atoms with Gasteiger partial charge < -0.3 is 5.73 Å². The molecular weight excluding hydrogens is 209 g/mol. The van der Waals surface area contributed by atoms with E-state index in [-0.39, 0.29) is 17.7 Å². The first kappa shape index (κ1) is 11.9. The third kappa shape index (κ3) is 2.43. The molecule has 0 bridgehead atoms. The van der Waals surface area contributed by atoms with E-state index in [1.165, 1.54) is 0 Å². The van der Waals surface area contributed by atoms with Gasteiger partial charge in [-0.15, -0.1) is 0 Å². The fourth-order valence-electron chi connectivity index (χ4n) is 1.43. The lowest BCUT2D eigenvalue weighted by Crippen LogP contribution is -1.91. The molecule has 2 aromatic rings. The Kier molecular flexibility index (Phi) is 3.75. The Morgan fingerprint density at radius 1 is 1.19 bits per heavy atom. The SMILES string of the molecule is Cc1ccc2c(F)c(N)ccc2c1.O=C=O. The van der Waals surface area contributed by atoms with Crippen molar-refractivity contribution in [1.29, 1.82) is 0 Å². The number of nitrogens with two attached hydrogens (primary N) is 1. The minimum atomic E-state index is -0.322. The average Bonchev–Trinajstić information content (AvgIpc) is 2.25. The molecule has 0 aromatic heterocycles. The summed E-state index contributed by atoms with van der Waals surface area (Å²) < 4.78 is 13.4. The van der Waals surface area contributed by atoms with Crippen LogP contribution in [0.2, 0.25) is 0 Å². The van der Waals surface area contributed by atoms with Crippen LogP contribution >= 0.6 is 0 Å². The molecule has 2 rings (SSSR count). The van der Waals surface area contributed by atoms with E-state index in [0.29, 0.717) is 5.39 Å². The molecule has 4 heteroatoms. The molecule has 2 aromatic carbocycles. The van der Waals surface area contributed by atoms with Gasteiger partial charge in [-0.1, -0.05) is 29.8 Å². The maximum absolute atomic E-state index is 13.4. The van der Waals surface area contributed by atoms with Gasteiger partial charge in [0.25, 0.3) is 0 Å². The molecule has 3 nitrogen and oxygen atoms in total. The third-order valence-corrected chi connectivity index (χ3v) is 2.14. The zero-order valence-corrected chi connectivity index (χ0v) is 8.66. The number of halogens is 1. The topological polar surface area (TPSA) is 60.2 Å². The number of rotatable bonds is 0. The van der Waals surface area contributed by atoms with Crippen LogP contribution in [0.4, 0.5) is 10.1 Å². The molecule has 0 radical (unpaired) electrons. The van der Waals surface area contributed by atoms with Crippen LogP contribution < -0.4 is 5.73 Å². The zero-order valence-electron chi connectivity index (χ0n) is 8.66. The summed E-state index contributed by atoms with van der Waals surface area (Å²) >= 11 is 0. The predicted octanol–water partition coefficient (Wildman–Crippen LogP) is 2.29. The van der Waals surface area contributed by atoms with Gasteiger partial charge in [-0.2, -0.15) is 9.59 Å². The first-order valence-corrected chi connectivity index (χ1v) is 4.53. The van der Waals surface area contributed by atoms with E-state index in [9.17, 15) is 4.39 Å². The van der Waals surface area contributed by atoms with Gasteiger partial charge in [0.2, 0.25) is 0 Å². The monoisotopic (exact) mass is 219 g/mol. The molecular formula is C12H10FNO2. The van der Waals surface area contributed by atoms with Crippen LogP contribution in [-0.2, 0) is 9.59 Å². The minimum absolute atomic E-state index is 0.205. The maximum Gasteiger partial charge on any atom is 0.373 e. The van der Waals surface area contributed by atoms with Gasteiger partial charge in [-0.05, 0) is 18.4 Å². The normalized spacial score (nSPS) is 9.12. The molecule has 0 aliphatic carbocycles. The Labute approximate surface area is 91.7 Å². The Morgan fingerprint density at radius 2 is 1.81 bits per heavy atom. The number of aryl methyl sites for hydroxylation is 1. The molecule has 16 heavy (non-hydrogen) atoms. The molecule has 0 aliphatic heterocycles. The fraction of sp³-hybridized carbons (Fsp3) is 0.0833. The van der Waals surface area contributed by atoms with Gasteiger partial charge in [0.15, 0.2) is 5.82 Å². The second-order valence-corrected chi connectivity index (χ2v) is 3.28. The number of hydrogen-bond donors (Lipinski definition) is 1. The number of hydrogen-bond acceptors (Lipinski definition) is 3. The van der Waals surface area contributed by atoms with Crippen LogP contribution in [0.25, 0.3) is 10.8 Å². The van der Waals surface area contributed by atoms with Crippen molar-refractivity contribution >= 4 is 22.6 Å². The summed E-state index contributed by atoms with van der Waals surface area (Å²) in [7, 11) is 0. The molecule has 0 unspecified atom stereocenters. The summed E-state index contributed by atoms with van der Waals surface area (Å²) in [5, 5.41) is 1.48. The molecule has 0 spiro atoms. The van der Waals surface area contributed by atoms with E-state index >= 15 is 0 Å². The summed E-state index contributed by atoms with van der Waals surface area (Å²) in [6, 6.07) is 9.01. The highest BCUT2D eigenvalue weighted by atomic mass is 19.1. The Balaban J connectivity index is 0.000000386. The van der Waals surface area contributed by atoms with E-state index in [0.717, 1.165) is 10.9 Å². The van der Waals surface area contributed by atoms with Crippen LogP contribution in [0, 0.1) is 12.7 Å². The number of benzene rings is 2. The van der Waals surface area contributed by atoms with Crippen molar-refractivity contribution in [3.8, 4) is 0 Å². The van der Waals surface area contributed by atoms with E-state index in [2.05, 4.69) is 0 Å². The first-order valence-electron chi connectivity index (χ1n) is 4.53. The minimum Gasteiger partial charge on any atom is -0.396 e. The van der Waals surface area contributed by atoms with Gasteiger partial charge in [0, 0.05) is 5.39 Å². The molecule has 0 saturated heterocycles. The number of fused-ring (bicyclic) bond motifs is 1. The van der Waals surface area contributed by atoms with Crippen LogP contribution in [0.3, 0.4) is 0 Å². The van der Waals surface area contributed by atoms with E-state index < -0.39 is 0 Å². The lowest BCUT2D eigenvalue weighted by atomic mass is 10.1. The maximum atomic E-state index is 13.4. The molecule has 0 saturated carbocycles. The highest BCUT2D eigenvalue weighted by Crippen LogP contribution is 2.23. The molecule has 0 atom stereocenters. The highest BCUT2D eigenvalue weighted by Gasteiger charge is 2.03. The van der Waals surface area contributed by atoms with Gasteiger partial charge >= 0.3 is 6.15 Å². The van der Waals surface area contributed by atoms with Crippen molar-refractivity contribution in [1.82, 2.24) is 0 Å². The Bertz CT molecular complexity index is 546. The number of anilines is 1. The second kappa shape index (κ2) is 5.05. The number of carbonyl (C=O) groups excluding carboxylic acids is 2. The van der Waals surface area contributed by atoms with Crippen molar-refractivity contribution in [3.63, 3.8) is 0 Å². The molecule has 0 aliphatic rings. The van der Waals surface area contributed by atoms with Gasteiger partial charge in [-0.25, -0.2) is 4.39 Å². The van der Waals surface area contributed by atoms with E-state index in [1.54, 1.807) is 12.1 Å². The second-order valence-electron chi connectivity index (χ2n) is 3.28. The van der Waals surface area contributed by atoms with Gasteiger partial charge in [-0.3, -0.25) is 0 Å². The van der Waals surface area contributed by atoms with Crippen LogP contribution in [-0.4, -0.2) is 6.15 Å². The predicted molar refractivity (Wildman–Crippen MR) is 58.1 cm³/mol. The third-order valence-electron chi connectivity index (χ3n) is 2.14. The Hall–Kier alpha value is -2.19. The van der Waals surface area contributed by atoms with Gasteiger partial charge in [0.1, 0.15) is 0 Å². The van der Waals surface area contributed by atoms with Gasteiger partial charge in [0.05, 0.1) is 5.69 Å². The van der Waals surface area contributed by atoms with Crippen molar-refractivity contribution in [2.24, 2.45) is 0 Å². The van der Waals surface area contributed by atoms with Crippen molar-refractivity contribution < 1.29 is 14.0 Å². The molecule has 2 N–H and O–H groups in total. The van der Waals surface area contributed by atoms with E-state index in [4.69, 9.17) is 15.3 Å². The summed E-state index contributed by atoms with van der Waals surface area (Å²) in [6.45, 7) is 1.98. The molecule has 0 fully saturated rings. The quantitative estimate of drug-likeness (QED) is 0.691. The summed E-state index contributed by atoms with van der Waals surface area (Å²) in [6.07, 6.45) is 0.250. The van der Waals surface area contributed by atoms with Crippen molar-refractivity contribution in [3.05, 3.63) is 41.7 Å². The molecule has 0 heterocycles. The zero-order chi connectivity index (χ0) is 12.1. The van der Waals surface area contributed by atoms with Crippen LogP contribution in [0.5, 0.6) is 0 Å². The van der Waals surface area contributed by atoms with Crippen LogP contribution in [0.15, 0.2) is 30.3 Å². The van der Waals surface area contributed by atoms with Crippen molar-refractivity contribution in [2.45, 2.75) is 6.92 Å². The Morgan fingerprint density at radius 3 is 2.44 bits per heavy atom. The van der Waals surface area contributed by atoms with Crippen molar-refractivity contribution in [2.75, 3.05) is 5.73 Å². The summed E-state index contributed by atoms with van der Waals surface area (Å²) in [4.78, 5) is 16.2. The van der Waals surface area contributed by atoms with E-state index in [1.807, 2.05) is 25.1 Å². The van der Waals surface area contributed by atoms with Crippen LogP contribution in [0.1, 0.15) is 5.56 Å². The fourth-order valence-corrected chi connectivity index (χ4v) is 1.43. The largest absolute Gasteiger partial charge is 0.396 e. The standard InChI is InChI=1S/C11H10FN.CO2/c1-7-2-4-9-8(6-7)3-5-10(13)11(9)12;2-1-3/h2-6H,13H2,1H3;. The smallest absolute Gasteiger partial charge is 0.373 e. The lowest BCUT2D eigenvalue weighted by molar-refractivity contribution is -0.191. The summed E-state index contributed by atoms with van der Waals surface area (Å²) in [5.74, 6) is -0.322. The average molecular weight is 219 g/mol. The highest BCUT2D eigenvalue weighted by molar-refractivity contribution is 5.86. The lowest BCUT2D eigenvalue weighted by Gasteiger charge is -2.02. The summed E-state index contributed by atoms with van der Waals surface area (Å²) in [5.41, 5.74) is 6.78.